The first-order chi connectivity index (χ1) is 15.2. The summed E-state index contributed by atoms with van der Waals surface area (Å²) in [7, 11) is 3.01. The molecule has 3 aromatic carbocycles. The summed E-state index contributed by atoms with van der Waals surface area (Å²) in [6.07, 6.45) is 0. The highest BCUT2D eigenvalue weighted by Crippen LogP contribution is 2.30. The zero-order valence-electron chi connectivity index (χ0n) is 17.1. The lowest BCUT2D eigenvalue weighted by Crippen LogP contribution is -2.30. The Morgan fingerprint density at radius 1 is 0.839 bits per heavy atom. The molecule has 0 saturated carbocycles. The Morgan fingerprint density at radius 2 is 1.45 bits per heavy atom. The lowest BCUT2D eigenvalue weighted by Gasteiger charge is -2.18. The molecule has 7 heteroatoms. The lowest BCUT2D eigenvalue weighted by molar-refractivity contribution is 0.0931. The van der Waals surface area contributed by atoms with Crippen LogP contribution in [0.2, 0.25) is 0 Å². The summed E-state index contributed by atoms with van der Waals surface area (Å²) in [5.41, 5.74) is 1.88. The van der Waals surface area contributed by atoms with Gasteiger partial charge in [0.2, 0.25) is 11.8 Å². The third-order valence-corrected chi connectivity index (χ3v) is 4.77. The minimum absolute atomic E-state index is 0.271. The zero-order chi connectivity index (χ0) is 21.6. The monoisotopic (exact) mass is 415 g/mol. The number of ether oxygens (including phenoxy) is 2. The number of benzene rings is 3. The van der Waals surface area contributed by atoms with Crippen LogP contribution in [0.15, 0.2) is 83.3 Å². The minimum Gasteiger partial charge on any atom is -0.496 e. The van der Waals surface area contributed by atoms with Crippen LogP contribution in [-0.4, -0.2) is 30.3 Å². The number of hydrogen-bond acceptors (Lipinski definition) is 6. The van der Waals surface area contributed by atoms with E-state index in [9.17, 15) is 4.79 Å². The van der Waals surface area contributed by atoms with Crippen LogP contribution in [-0.2, 0) is 0 Å². The van der Waals surface area contributed by atoms with Gasteiger partial charge in [-0.3, -0.25) is 4.79 Å². The van der Waals surface area contributed by atoms with Crippen molar-refractivity contribution >= 4 is 5.91 Å². The first-order valence-electron chi connectivity index (χ1n) is 9.67. The summed E-state index contributed by atoms with van der Waals surface area (Å²) in [6.45, 7) is 0. The first-order valence-corrected chi connectivity index (χ1v) is 9.67. The van der Waals surface area contributed by atoms with Crippen molar-refractivity contribution in [3.8, 4) is 23.0 Å². The van der Waals surface area contributed by atoms with E-state index in [0.29, 0.717) is 17.4 Å². The topological polar surface area (TPSA) is 86.5 Å². The summed E-state index contributed by atoms with van der Waals surface area (Å²) in [5, 5.41) is 11.4. The van der Waals surface area contributed by atoms with Gasteiger partial charge in [0.05, 0.1) is 14.2 Å². The molecule has 0 saturated heterocycles. The number of carbonyl (C=O) groups excluding carboxylic acids is 1. The summed E-state index contributed by atoms with van der Waals surface area (Å²) < 4.78 is 16.7. The lowest BCUT2D eigenvalue weighted by atomic mass is 10.1. The van der Waals surface area contributed by atoms with Crippen LogP contribution in [0, 0.1) is 0 Å². The summed E-state index contributed by atoms with van der Waals surface area (Å²) in [4.78, 5) is 13.3. The average molecular weight is 415 g/mol. The van der Waals surface area contributed by atoms with Gasteiger partial charge >= 0.3 is 0 Å². The zero-order valence-corrected chi connectivity index (χ0v) is 17.1. The van der Waals surface area contributed by atoms with E-state index in [2.05, 4.69) is 15.5 Å². The number of hydrogen-bond donors (Lipinski definition) is 1. The number of rotatable bonds is 7. The Kier molecular flexibility index (Phi) is 5.93. The molecule has 0 aliphatic carbocycles. The third kappa shape index (κ3) is 4.25. The van der Waals surface area contributed by atoms with Gasteiger partial charge in [-0.15, -0.1) is 10.2 Å². The van der Waals surface area contributed by atoms with Crippen LogP contribution < -0.4 is 14.8 Å². The average Bonchev–Trinajstić information content (AvgIpc) is 3.33. The summed E-state index contributed by atoms with van der Waals surface area (Å²) in [6, 6.07) is 23.4. The number of amides is 1. The molecule has 0 bridgehead atoms. The Bertz CT molecular complexity index is 1140. The number of nitrogens with zero attached hydrogens (tertiary/aromatic N) is 2. The second-order valence-corrected chi connectivity index (χ2v) is 6.67. The van der Waals surface area contributed by atoms with Crippen molar-refractivity contribution < 1.29 is 18.7 Å². The molecule has 31 heavy (non-hydrogen) atoms. The number of nitrogens with one attached hydrogen (secondary N) is 1. The van der Waals surface area contributed by atoms with Crippen molar-refractivity contribution in [2.45, 2.75) is 6.04 Å². The Hall–Kier alpha value is -4.13. The highest BCUT2D eigenvalue weighted by Gasteiger charge is 2.27. The second-order valence-electron chi connectivity index (χ2n) is 6.67. The summed E-state index contributed by atoms with van der Waals surface area (Å²) in [5.74, 6) is 1.06. The fourth-order valence-electron chi connectivity index (χ4n) is 3.26. The predicted molar refractivity (Wildman–Crippen MR) is 115 cm³/mol. The van der Waals surface area contributed by atoms with E-state index in [0.717, 1.165) is 11.1 Å². The maximum atomic E-state index is 13.3. The molecule has 0 fully saturated rings. The largest absolute Gasteiger partial charge is 0.496 e. The fourth-order valence-corrected chi connectivity index (χ4v) is 3.26. The molecular weight excluding hydrogens is 394 g/mol. The molecular formula is C24H21N3O4. The van der Waals surface area contributed by atoms with E-state index in [1.54, 1.807) is 18.2 Å². The maximum Gasteiger partial charge on any atom is 0.259 e. The van der Waals surface area contributed by atoms with Gasteiger partial charge in [-0.2, -0.15) is 0 Å². The van der Waals surface area contributed by atoms with Crippen LogP contribution in [0.1, 0.15) is 27.9 Å². The van der Waals surface area contributed by atoms with Gasteiger partial charge in [0.15, 0.2) is 0 Å². The molecule has 4 rings (SSSR count). The molecule has 1 aromatic heterocycles. The number of aromatic nitrogens is 2. The highest BCUT2D eigenvalue weighted by molar-refractivity contribution is 6.00. The molecule has 0 spiro atoms. The van der Waals surface area contributed by atoms with Gasteiger partial charge < -0.3 is 19.2 Å². The van der Waals surface area contributed by atoms with Crippen molar-refractivity contribution in [3.63, 3.8) is 0 Å². The molecule has 1 heterocycles. The molecule has 0 radical (unpaired) electrons. The van der Waals surface area contributed by atoms with Crippen molar-refractivity contribution in [1.82, 2.24) is 15.5 Å². The van der Waals surface area contributed by atoms with Crippen LogP contribution >= 0.6 is 0 Å². The minimum atomic E-state index is -0.659. The van der Waals surface area contributed by atoms with Crippen molar-refractivity contribution in [2.24, 2.45) is 0 Å². The van der Waals surface area contributed by atoms with Crippen molar-refractivity contribution in [3.05, 3.63) is 95.9 Å². The van der Waals surface area contributed by atoms with E-state index < -0.39 is 6.04 Å². The quantitative estimate of drug-likeness (QED) is 0.485. The SMILES string of the molecule is COc1cccc(OC)c1C(=O)NC(c1ccccc1)c1nnc(-c2ccccc2)o1. The van der Waals surface area contributed by atoms with Gasteiger partial charge in [-0.1, -0.05) is 54.6 Å². The van der Waals surface area contributed by atoms with Crippen LogP contribution in [0.25, 0.3) is 11.5 Å². The van der Waals surface area contributed by atoms with E-state index in [1.807, 2.05) is 60.7 Å². The van der Waals surface area contributed by atoms with Crippen LogP contribution in [0.5, 0.6) is 11.5 Å². The predicted octanol–water partition coefficient (Wildman–Crippen LogP) is 4.27. The van der Waals surface area contributed by atoms with E-state index in [1.165, 1.54) is 14.2 Å². The molecule has 0 aliphatic rings. The number of carbonyl (C=O) groups is 1. The van der Waals surface area contributed by atoms with Crippen LogP contribution in [0.3, 0.4) is 0 Å². The normalized spacial score (nSPS) is 11.5. The van der Waals surface area contributed by atoms with Crippen molar-refractivity contribution in [2.75, 3.05) is 14.2 Å². The maximum absolute atomic E-state index is 13.3. The smallest absolute Gasteiger partial charge is 0.259 e. The standard InChI is InChI=1S/C24H21N3O4/c1-29-18-14-9-15-19(30-2)20(18)22(28)25-21(16-10-5-3-6-11-16)24-27-26-23(31-24)17-12-7-4-8-13-17/h3-15,21H,1-2H3,(H,25,28). The molecule has 1 amide bonds. The van der Waals surface area contributed by atoms with Gasteiger partial charge in [-0.25, -0.2) is 0 Å². The van der Waals surface area contributed by atoms with E-state index in [4.69, 9.17) is 13.9 Å². The Labute approximate surface area is 179 Å². The van der Waals surface area contributed by atoms with E-state index >= 15 is 0 Å². The van der Waals surface area contributed by atoms with Crippen molar-refractivity contribution in [1.29, 1.82) is 0 Å². The van der Waals surface area contributed by atoms with Gasteiger partial charge in [0.1, 0.15) is 23.1 Å². The molecule has 7 nitrogen and oxygen atoms in total. The molecule has 1 unspecified atom stereocenters. The van der Waals surface area contributed by atoms with E-state index in [-0.39, 0.29) is 17.4 Å². The molecule has 156 valence electrons. The Balaban J connectivity index is 1.71. The highest BCUT2D eigenvalue weighted by atomic mass is 16.5. The van der Waals surface area contributed by atoms with Gasteiger partial charge in [0.25, 0.3) is 5.91 Å². The Morgan fingerprint density at radius 3 is 2.06 bits per heavy atom. The fraction of sp³-hybridized carbons (Fsp3) is 0.125. The van der Waals surface area contributed by atoms with Crippen LogP contribution in [0.4, 0.5) is 0 Å². The molecule has 1 N–H and O–H groups in total. The number of methoxy groups -OCH3 is 2. The second kappa shape index (κ2) is 9.13. The molecule has 1 atom stereocenters. The van der Waals surface area contributed by atoms with Gasteiger partial charge in [-0.05, 0) is 29.8 Å². The van der Waals surface area contributed by atoms with Gasteiger partial charge in [0, 0.05) is 5.56 Å². The first kappa shape index (κ1) is 20.2. The molecule has 0 aliphatic heterocycles. The third-order valence-electron chi connectivity index (χ3n) is 4.77. The summed E-state index contributed by atoms with van der Waals surface area (Å²) >= 11 is 0. The molecule has 4 aromatic rings.